The summed E-state index contributed by atoms with van der Waals surface area (Å²) in [6.07, 6.45) is 1.17. The molecule has 0 aromatic heterocycles. The van der Waals surface area contributed by atoms with E-state index in [0.717, 1.165) is 6.29 Å². The Kier molecular flexibility index (Phi) is 5.71. The van der Waals surface area contributed by atoms with Gasteiger partial charge in [-0.15, -0.1) is 0 Å². The molecule has 5 nitrogen and oxygen atoms in total. The van der Waals surface area contributed by atoms with E-state index in [9.17, 15) is 18.0 Å². The van der Waals surface area contributed by atoms with Crippen LogP contribution in [0.2, 0.25) is 5.02 Å². The average Bonchev–Trinajstić information content (AvgIpc) is 2.56. The van der Waals surface area contributed by atoms with Gasteiger partial charge in [0.25, 0.3) is 0 Å². The van der Waals surface area contributed by atoms with Gasteiger partial charge in [0.15, 0.2) is 12.4 Å². The molecule has 1 aromatic carbocycles. The van der Waals surface area contributed by atoms with Crippen LogP contribution in [-0.2, 0) is 4.79 Å². The standard InChI is InChI=1S/C15H16ClF3N2O3/c1-8-4-9(5-22)20-21-14(8)10-2-3-11(12(16)13(10)17)24-7-15(18,19)6-23/h2-3,5,8-9,20,23H,4,6-7H2,1H3. The Morgan fingerprint density at radius 1 is 1.54 bits per heavy atom. The largest absolute Gasteiger partial charge is 0.486 e. The predicted molar refractivity (Wildman–Crippen MR) is 82.2 cm³/mol. The minimum atomic E-state index is -3.45. The van der Waals surface area contributed by atoms with Crippen LogP contribution in [0.4, 0.5) is 13.2 Å². The SMILES string of the molecule is CC1CC(C=O)NN=C1c1ccc(OCC(F)(F)CO)c(Cl)c1F. The van der Waals surface area contributed by atoms with Crippen molar-refractivity contribution in [2.24, 2.45) is 11.0 Å². The molecule has 1 aliphatic heterocycles. The maximum atomic E-state index is 14.5. The smallest absolute Gasteiger partial charge is 0.303 e. The molecule has 132 valence electrons. The summed E-state index contributed by atoms with van der Waals surface area (Å²) >= 11 is 5.85. The molecule has 0 radical (unpaired) electrons. The Hall–Kier alpha value is -1.80. The van der Waals surface area contributed by atoms with Gasteiger partial charge in [-0.1, -0.05) is 18.5 Å². The monoisotopic (exact) mass is 364 g/mol. The lowest BCUT2D eigenvalue weighted by atomic mass is 9.91. The Labute approximate surface area is 141 Å². The number of alkyl halides is 2. The highest BCUT2D eigenvalue weighted by Gasteiger charge is 2.30. The van der Waals surface area contributed by atoms with Crippen molar-refractivity contribution < 1.29 is 27.8 Å². The second-order valence-corrected chi connectivity index (χ2v) is 5.93. The molecule has 24 heavy (non-hydrogen) atoms. The first-order valence-corrected chi connectivity index (χ1v) is 7.55. The van der Waals surface area contributed by atoms with E-state index in [2.05, 4.69) is 10.5 Å². The topological polar surface area (TPSA) is 70.9 Å². The molecule has 2 atom stereocenters. The molecule has 2 rings (SSSR count). The van der Waals surface area contributed by atoms with Gasteiger partial charge in [0.05, 0.1) is 11.8 Å². The van der Waals surface area contributed by atoms with Crippen LogP contribution in [0.25, 0.3) is 0 Å². The molecule has 9 heteroatoms. The van der Waals surface area contributed by atoms with Crippen LogP contribution in [0.3, 0.4) is 0 Å². The molecular formula is C15H16ClF3N2O3. The fourth-order valence-electron chi connectivity index (χ4n) is 2.29. The van der Waals surface area contributed by atoms with E-state index in [1.54, 1.807) is 6.92 Å². The number of nitrogens with one attached hydrogen (secondary N) is 1. The molecule has 2 unspecified atom stereocenters. The van der Waals surface area contributed by atoms with E-state index in [4.69, 9.17) is 21.4 Å². The highest BCUT2D eigenvalue weighted by molar-refractivity contribution is 6.32. The van der Waals surface area contributed by atoms with Crippen LogP contribution >= 0.6 is 11.6 Å². The van der Waals surface area contributed by atoms with Gasteiger partial charge in [0.1, 0.15) is 23.7 Å². The third-order valence-corrected chi connectivity index (χ3v) is 3.93. The highest BCUT2D eigenvalue weighted by Crippen LogP contribution is 2.32. The number of halogens is 4. The number of aldehydes is 1. The highest BCUT2D eigenvalue weighted by atomic mass is 35.5. The fraction of sp³-hybridized carbons (Fsp3) is 0.467. The van der Waals surface area contributed by atoms with Gasteiger partial charge in [-0.3, -0.25) is 5.43 Å². The van der Waals surface area contributed by atoms with Crippen molar-refractivity contribution >= 4 is 23.6 Å². The number of hydrogen-bond donors (Lipinski definition) is 2. The van der Waals surface area contributed by atoms with E-state index in [1.807, 2.05) is 0 Å². The van der Waals surface area contributed by atoms with Crippen molar-refractivity contribution in [1.29, 1.82) is 0 Å². The molecule has 0 saturated heterocycles. The number of ether oxygens (including phenoxy) is 1. The Morgan fingerprint density at radius 3 is 2.83 bits per heavy atom. The minimum absolute atomic E-state index is 0.102. The number of aliphatic hydroxyl groups excluding tert-OH is 1. The minimum Gasteiger partial charge on any atom is -0.486 e. The van der Waals surface area contributed by atoms with Gasteiger partial charge in [-0.25, -0.2) is 13.2 Å². The van der Waals surface area contributed by atoms with E-state index in [0.29, 0.717) is 12.1 Å². The first-order valence-electron chi connectivity index (χ1n) is 7.17. The number of rotatable bonds is 6. The summed E-state index contributed by atoms with van der Waals surface area (Å²) in [6, 6.07) is 2.15. The first kappa shape index (κ1) is 18.5. The summed E-state index contributed by atoms with van der Waals surface area (Å²) in [7, 11) is 0. The summed E-state index contributed by atoms with van der Waals surface area (Å²) in [4.78, 5) is 10.8. The number of benzene rings is 1. The van der Waals surface area contributed by atoms with Gasteiger partial charge in [-0.2, -0.15) is 5.10 Å². The molecule has 1 heterocycles. The normalized spacial score (nSPS) is 21.0. The Balaban J connectivity index is 2.24. The Bertz CT molecular complexity index is 655. The second-order valence-electron chi connectivity index (χ2n) is 5.55. The quantitative estimate of drug-likeness (QED) is 0.760. The molecule has 1 aliphatic rings. The lowest BCUT2D eigenvalue weighted by Crippen LogP contribution is -2.37. The van der Waals surface area contributed by atoms with Crippen molar-refractivity contribution in [2.75, 3.05) is 13.2 Å². The van der Waals surface area contributed by atoms with Crippen molar-refractivity contribution in [2.45, 2.75) is 25.3 Å². The van der Waals surface area contributed by atoms with Gasteiger partial charge < -0.3 is 14.6 Å². The maximum absolute atomic E-state index is 14.5. The van der Waals surface area contributed by atoms with E-state index in [-0.39, 0.29) is 17.2 Å². The zero-order valence-corrected chi connectivity index (χ0v) is 13.5. The van der Waals surface area contributed by atoms with Crippen LogP contribution in [-0.4, -0.2) is 42.3 Å². The number of aliphatic hydroxyl groups is 1. The molecule has 2 N–H and O–H groups in total. The zero-order valence-electron chi connectivity index (χ0n) is 12.7. The van der Waals surface area contributed by atoms with E-state index < -0.39 is 36.0 Å². The molecule has 0 saturated carbocycles. The summed E-state index contributed by atoms with van der Waals surface area (Å²) in [5, 5.41) is 12.1. The molecule has 1 aromatic rings. The molecule has 0 aliphatic carbocycles. The van der Waals surface area contributed by atoms with Crippen molar-refractivity contribution in [3.8, 4) is 5.75 Å². The van der Waals surface area contributed by atoms with Crippen molar-refractivity contribution in [3.63, 3.8) is 0 Å². The molecule has 0 spiro atoms. The second kappa shape index (κ2) is 7.40. The average molecular weight is 365 g/mol. The lowest BCUT2D eigenvalue weighted by Gasteiger charge is -2.25. The van der Waals surface area contributed by atoms with Crippen molar-refractivity contribution in [1.82, 2.24) is 5.43 Å². The molecule has 0 amide bonds. The third kappa shape index (κ3) is 3.99. The molecular weight excluding hydrogens is 349 g/mol. The number of carbonyl (C=O) groups excluding carboxylic acids is 1. The van der Waals surface area contributed by atoms with Crippen LogP contribution < -0.4 is 10.2 Å². The molecule has 0 fully saturated rings. The number of carbonyl (C=O) groups is 1. The maximum Gasteiger partial charge on any atom is 0.303 e. The van der Waals surface area contributed by atoms with Crippen LogP contribution in [0, 0.1) is 11.7 Å². The Morgan fingerprint density at radius 2 is 2.25 bits per heavy atom. The van der Waals surface area contributed by atoms with Gasteiger partial charge >= 0.3 is 5.92 Å². The number of nitrogens with zero attached hydrogens (tertiary/aromatic N) is 1. The summed E-state index contributed by atoms with van der Waals surface area (Å²) < 4.78 is 45.3. The number of hydrogen-bond acceptors (Lipinski definition) is 5. The van der Waals surface area contributed by atoms with E-state index in [1.165, 1.54) is 12.1 Å². The predicted octanol–water partition coefficient (Wildman–Crippen LogP) is 2.39. The zero-order chi connectivity index (χ0) is 17.9. The summed E-state index contributed by atoms with van der Waals surface area (Å²) in [5.74, 6) is -4.75. The van der Waals surface area contributed by atoms with E-state index >= 15 is 0 Å². The van der Waals surface area contributed by atoms with Gasteiger partial charge in [0, 0.05) is 11.5 Å². The van der Waals surface area contributed by atoms with Crippen LogP contribution in [0.5, 0.6) is 5.75 Å². The fourth-order valence-corrected chi connectivity index (χ4v) is 2.51. The third-order valence-electron chi connectivity index (χ3n) is 3.58. The lowest BCUT2D eigenvalue weighted by molar-refractivity contribution is -0.109. The summed E-state index contributed by atoms with van der Waals surface area (Å²) in [6.45, 7) is -0.721. The number of hydrazone groups is 1. The van der Waals surface area contributed by atoms with Crippen molar-refractivity contribution in [3.05, 3.63) is 28.5 Å². The first-order chi connectivity index (χ1) is 11.3. The van der Waals surface area contributed by atoms with Gasteiger partial charge in [-0.05, 0) is 18.6 Å². The molecule has 0 bridgehead atoms. The summed E-state index contributed by atoms with van der Waals surface area (Å²) in [5.41, 5.74) is 3.09. The van der Waals surface area contributed by atoms with Crippen LogP contribution in [0.15, 0.2) is 17.2 Å². The van der Waals surface area contributed by atoms with Crippen LogP contribution in [0.1, 0.15) is 18.9 Å². The van der Waals surface area contributed by atoms with Gasteiger partial charge in [0.2, 0.25) is 0 Å².